The summed E-state index contributed by atoms with van der Waals surface area (Å²) in [5.74, 6) is 0.322. The van der Waals surface area contributed by atoms with Gasteiger partial charge in [0, 0.05) is 28.4 Å². The Morgan fingerprint density at radius 1 is 1.39 bits per heavy atom. The van der Waals surface area contributed by atoms with E-state index in [1.807, 2.05) is 25.1 Å². The van der Waals surface area contributed by atoms with Gasteiger partial charge in [-0.05, 0) is 37.5 Å². The van der Waals surface area contributed by atoms with E-state index >= 15 is 0 Å². The Labute approximate surface area is 145 Å². The molecule has 4 nitrogen and oxygen atoms in total. The highest BCUT2D eigenvalue weighted by Crippen LogP contribution is 2.28. The van der Waals surface area contributed by atoms with Crippen LogP contribution in [0.2, 0.25) is 4.47 Å². The number of hydrogen-bond donors (Lipinski definition) is 2. The Morgan fingerprint density at radius 2 is 2.17 bits per heavy atom. The van der Waals surface area contributed by atoms with Gasteiger partial charge in [0.25, 0.3) is 0 Å². The number of nitrogens with zero attached hydrogens (tertiary/aromatic N) is 1. The van der Waals surface area contributed by atoms with Gasteiger partial charge in [-0.3, -0.25) is 4.79 Å². The van der Waals surface area contributed by atoms with E-state index in [-0.39, 0.29) is 11.8 Å². The van der Waals surface area contributed by atoms with Gasteiger partial charge in [-0.1, -0.05) is 30.5 Å². The smallest absolute Gasteiger partial charge is 0.227 e. The average Bonchev–Trinajstić information content (AvgIpc) is 3.19. The summed E-state index contributed by atoms with van der Waals surface area (Å²) >= 11 is 7.30. The SMILES string of the molecule is Cc1ccc(NCc2cnc(Cl)s2)cc1NC(=O)C1CCCC1. The zero-order valence-corrected chi connectivity index (χ0v) is 14.6. The quantitative estimate of drug-likeness (QED) is 0.811. The lowest BCUT2D eigenvalue weighted by Gasteiger charge is -2.14. The van der Waals surface area contributed by atoms with Crippen molar-refractivity contribution >= 4 is 40.2 Å². The molecule has 0 spiro atoms. The largest absolute Gasteiger partial charge is 0.380 e. The number of rotatable bonds is 5. The molecule has 0 atom stereocenters. The molecule has 1 aromatic carbocycles. The number of aromatic nitrogens is 1. The molecule has 0 unspecified atom stereocenters. The van der Waals surface area contributed by atoms with Crippen LogP contribution in [0.1, 0.15) is 36.1 Å². The summed E-state index contributed by atoms with van der Waals surface area (Å²) in [5, 5.41) is 6.43. The van der Waals surface area contributed by atoms with Gasteiger partial charge in [0.1, 0.15) is 0 Å². The molecule has 2 aromatic rings. The van der Waals surface area contributed by atoms with E-state index in [2.05, 4.69) is 15.6 Å². The van der Waals surface area contributed by atoms with Gasteiger partial charge in [0.2, 0.25) is 5.91 Å². The van der Waals surface area contributed by atoms with Crippen molar-refractivity contribution in [2.75, 3.05) is 10.6 Å². The summed E-state index contributed by atoms with van der Waals surface area (Å²) in [6.07, 6.45) is 6.12. The van der Waals surface area contributed by atoms with Crippen LogP contribution in [0.3, 0.4) is 0 Å². The zero-order valence-electron chi connectivity index (χ0n) is 13.1. The summed E-state index contributed by atoms with van der Waals surface area (Å²) in [4.78, 5) is 17.4. The molecule has 0 radical (unpaired) electrons. The van der Waals surface area contributed by atoms with Crippen LogP contribution in [-0.4, -0.2) is 10.9 Å². The number of thiazole rings is 1. The zero-order chi connectivity index (χ0) is 16.2. The van der Waals surface area contributed by atoms with E-state index in [9.17, 15) is 4.79 Å². The third kappa shape index (κ3) is 4.24. The van der Waals surface area contributed by atoms with Crippen molar-refractivity contribution in [1.29, 1.82) is 0 Å². The van der Waals surface area contributed by atoms with E-state index in [0.29, 0.717) is 11.0 Å². The molecule has 2 N–H and O–H groups in total. The van der Waals surface area contributed by atoms with E-state index in [4.69, 9.17) is 11.6 Å². The minimum atomic E-state index is 0.150. The van der Waals surface area contributed by atoms with Crippen molar-refractivity contribution in [3.05, 3.63) is 39.3 Å². The predicted molar refractivity (Wildman–Crippen MR) is 96.2 cm³/mol. The summed E-state index contributed by atoms with van der Waals surface area (Å²) in [5.41, 5.74) is 2.93. The Balaban J connectivity index is 1.64. The van der Waals surface area contributed by atoms with Crippen LogP contribution in [0, 0.1) is 12.8 Å². The molecule has 1 amide bonds. The first kappa shape index (κ1) is 16.3. The van der Waals surface area contributed by atoms with Crippen LogP contribution < -0.4 is 10.6 Å². The molecule has 1 aromatic heterocycles. The van der Waals surface area contributed by atoms with Crippen LogP contribution in [0.4, 0.5) is 11.4 Å². The molecule has 3 rings (SSSR count). The topological polar surface area (TPSA) is 54.0 Å². The van der Waals surface area contributed by atoms with Crippen LogP contribution in [-0.2, 0) is 11.3 Å². The van der Waals surface area contributed by atoms with Gasteiger partial charge in [-0.25, -0.2) is 4.98 Å². The predicted octanol–water partition coefficient (Wildman–Crippen LogP) is 4.85. The van der Waals surface area contributed by atoms with Crippen molar-refractivity contribution in [2.24, 2.45) is 5.92 Å². The minimum Gasteiger partial charge on any atom is -0.380 e. The fourth-order valence-electron chi connectivity index (χ4n) is 2.84. The Kier molecular flexibility index (Phi) is 5.18. The molecule has 0 bridgehead atoms. The Hall–Kier alpha value is -1.59. The van der Waals surface area contributed by atoms with Crippen molar-refractivity contribution < 1.29 is 4.79 Å². The van der Waals surface area contributed by atoms with E-state index in [1.165, 1.54) is 11.3 Å². The van der Waals surface area contributed by atoms with E-state index < -0.39 is 0 Å². The second-order valence-corrected chi connectivity index (χ2v) is 7.63. The van der Waals surface area contributed by atoms with Crippen molar-refractivity contribution in [1.82, 2.24) is 4.98 Å². The number of amides is 1. The average molecular weight is 350 g/mol. The highest BCUT2D eigenvalue weighted by atomic mass is 35.5. The molecule has 0 saturated heterocycles. The number of halogens is 1. The van der Waals surface area contributed by atoms with Crippen LogP contribution in [0.15, 0.2) is 24.4 Å². The number of hydrogen-bond acceptors (Lipinski definition) is 4. The number of anilines is 2. The number of aryl methyl sites for hydroxylation is 1. The molecule has 6 heteroatoms. The number of nitrogens with one attached hydrogen (secondary N) is 2. The lowest BCUT2D eigenvalue weighted by molar-refractivity contribution is -0.119. The molecule has 1 heterocycles. The van der Waals surface area contributed by atoms with Crippen LogP contribution >= 0.6 is 22.9 Å². The lowest BCUT2D eigenvalue weighted by Crippen LogP contribution is -2.20. The summed E-state index contributed by atoms with van der Waals surface area (Å²) < 4.78 is 0.551. The van der Waals surface area contributed by atoms with E-state index in [1.54, 1.807) is 6.20 Å². The molecular weight excluding hydrogens is 330 g/mol. The first-order valence-corrected chi connectivity index (χ1v) is 9.07. The minimum absolute atomic E-state index is 0.150. The molecule has 1 aliphatic carbocycles. The first-order valence-electron chi connectivity index (χ1n) is 7.87. The first-order chi connectivity index (χ1) is 11.1. The van der Waals surface area contributed by atoms with Gasteiger partial charge in [-0.2, -0.15) is 0 Å². The molecule has 122 valence electrons. The van der Waals surface area contributed by atoms with Gasteiger partial charge < -0.3 is 10.6 Å². The fraction of sp³-hybridized carbons (Fsp3) is 0.412. The third-order valence-electron chi connectivity index (χ3n) is 4.21. The molecule has 1 aliphatic rings. The maximum atomic E-state index is 12.3. The van der Waals surface area contributed by atoms with Crippen molar-refractivity contribution in [3.8, 4) is 0 Å². The maximum Gasteiger partial charge on any atom is 0.227 e. The number of carbonyl (C=O) groups excluding carboxylic acids is 1. The maximum absolute atomic E-state index is 12.3. The summed E-state index contributed by atoms with van der Waals surface area (Å²) in [7, 11) is 0. The number of carbonyl (C=O) groups is 1. The molecule has 0 aliphatic heterocycles. The monoisotopic (exact) mass is 349 g/mol. The van der Waals surface area contributed by atoms with Gasteiger partial charge in [-0.15, -0.1) is 11.3 Å². The fourth-order valence-corrected chi connectivity index (χ4v) is 3.76. The molecule has 23 heavy (non-hydrogen) atoms. The molecule has 1 saturated carbocycles. The molecule has 1 fully saturated rings. The van der Waals surface area contributed by atoms with Crippen LogP contribution in [0.25, 0.3) is 0 Å². The summed E-state index contributed by atoms with van der Waals surface area (Å²) in [6.45, 7) is 2.68. The van der Waals surface area contributed by atoms with E-state index in [0.717, 1.165) is 47.5 Å². The van der Waals surface area contributed by atoms with Crippen molar-refractivity contribution in [3.63, 3.8) is 0 Å². The highest BCUT2D eigenvalue weighted by molar-refractivity contribution is 7.15. The van der Waals surface area contributed by atoms with Gasteiger partial charge in [0.15, 0.2) is 4.47 Å². The third-order valence-corrected chi connectivity index (χ3v) is 5.33. The van der Waals surface area contributed by atoms with Gasteiger partial charge >= 0.3 is 0 Å². The number of benzene rings is 1. The van der Waals surface area contributed by atoms with Crippen molar-refractivity contribution in [2.45, 2.75) is 39.2 Å². The summed E-state index contributed by atoms with van der Waals surface area (Å²) in [6, 6.07) is 6.03. The van der Waals surface area contributed by atoms with Gasteiger partial charge in [0.05, 0.1) is 6.54 Å². The standard InChI is InChI=1S/C17H20ClN3OS/c1-11-6-7-13(19-9-14-10-20-17(18)23-14)8-15(11)21-16(22)12-4-2-3-5-12/h6-8,10,12,19H,2-5,9H2,1H3,(H,21,22). The Bertz CT molecular complexity index is 695. The Morgan fingerprint density at radius 3 is 2.87 bits per heavy atom. The normalized spacial score (nSPS) is 14.9. The second kappa shape index (κ2) is 7.32. The second-order valence-electron chi connectivity index (χ2n) is 5.93. The van der Waals surface area contributed by atoms with Crippen LogP contribution in [0.5, 0.6) is 0 Å². The lowest BCUT2D eigenvalue weighted by atomic mass is 10.1. The molecular formula is C17H20ClN3OS. The highest BCUT2D eigenvalue weighted by Gasteiger charge is 2.22.